The van der Waals surface area contributed by atoms with E-state index in [4.69, 9.17) is 0 Å². The predicted molar refractivity (Wildman–Crippen MR) is 131 cm³/mol. The van der Waals surface area contributed by atoms with E-state index in [1.165, 1.54) is 12.1 Å². The first-order valence-corrected chi connectivity index (χ1v) is 12.2. The SMILES string of the molecule is O=C(N[C@@H]1CCC[C@H]1O)N[C@](Cc1ccccc1)(c1ccc(F)cc1)c1cc(F)cc(OC(F)(F)C(F)F)c1. The maximum Gasteiger partial charge on any atom is 0.461 e. The van der Waals surface area contributed by atoms with Gasteiger partial charge >= 0.3 is 18.6 Å². The van der Waals surface area contributed by atoms with Gasteiger partial charge < -0.3 is 20.5 Å². The molecule has 0 saturated heterocycles. The molecule has 3 aromatic rings. The molecule has 3 N–H and O–H groups in total. The van der Waals surface area contributed by atoms with Crippen molar-refractivity contribution in [2.24, 2.45) is 0 Å². The van der Waals surface area contributed by atoms with Gasteiger partial charge in [-0.3, -0.25) is 0 Å². The van der Waals surface area contributed by atoms with E-state index in [9.17, 15) is 36.2 Å². The number of halogens is 6. The Balaban J connectivity index is 1.86. The van der Waals surface area contributed by atoms with Gasteiger partial charge in [0.25, 0.3) is 0 Å². The zero-order valence-electron chi connectivity index (χ0n) is 20.5. The average Bonchev–Trinajstić information content (AvgIpc) is 3.27. The molecule has 4 rings (SSSR count). The Hall–Kier alpha value is -3.73. The normalized spacial score (nSPS) is 19.0. The highest BCUT2D eigenvalue weighted by Gasteiger charge is 2.45. The Morgan fingerprint density at radius 3 is 2.26 bits per heavy atom. The third kappa shape index (κ3) is 6.65. The van der Waals surface area contributed by atoms with Crippen molar-refractivity contribution in [3.8, 4) is 5.75 Å². The third-order valence-corrected chi connectivity index (χ3v) is 6.64. The summed E-state index contributed by atoms with van der Waals surface area (Å²) in [5.74, 6) is -2.60. The molecule has 0 heterocycles. The van der Waals surface area contributed by atoms with Gasteiger partial charge in [0.15, 0.2) is 0 Å². The first-order valence-electron chi connectivity index (χ1n) is 12.2. The second-order valence-corrected chi connectivity index (χ2v) is 9.42. The molecular weight excluding hydrogens is 526 g/mol. The number of nitrogens with one attached hydrogen (secondary N) is 2. The minimum Gasteiger partial charge on any atom is -0.428 e. The summed E-state index contributed by atoms with van der Waals surface area (Å²) in [5.41, 5.74) is -0.983. The number of carbonyl (C=O) groups excluding carboxylic acids is 1. The lowest BCUT2D eigenvalue weighted by Crippen LogP contribution is -2.55. The first kappa shape index (κ1) is 28.3. The van der Waals surface area contributed by atoms with Gasteiger partial charge in [0, 0.05) is 12.5 Å². The van der Waals surface area contributed by atoms with Gasteiger partial charge in [0.05, 0.1) is 17.7 Å². The standard InChI is InChI=1S/C28H26F6N2O3/c29-20-11-9-18(10-12-20)27(16-17-5-2-1-3-6-17,36-26(38)35-23-7-4-8-24(23)37)19-13-21(30)15-22(14-19)39-28(33,34)25(31)32/h1-3,5-6,9-15,23-25,37H,4,7-8,16H2,(H2,35,36,38)/t23-,24-,27-/m1/s1. The number of ether oxygens (including phenoxy) is 1. The molecule has 1 aliphatic carbocycles. The van der Waals surface area contributed by atoms with Gasteiger partial charge in [-0.25, -0.2) is 13.6 Å². The van der Waals surface area contributed by atoms with Crippen LogP contribution >= 0.6 is 0 Å². The second kappa shape index (κ2) is 11.6. The highest BCUT2D eigenvalue weighted by Crippen LogP contribution is 2.38. The Morgan fingerprint density at radius 2 is 1.64 bits per heavy atom. The predicted octanol–water partition coefficient (Wildman–Crippen LogP) is 5.90. The number of carbonyl (C=O) groups is 1. The first-order chi connectivity index (χ1) is 18.5. The van der Waals surface area contributed by atoms with Crippen LogP contribution in [0.2, 0.25) is 0 Å². The maximum absolute atomic E-state index is 14.8. The van der Waals surface area contributed by atoms with Gasteiger partial charge in [-0.15, -0.1) is 0 Å². The van der Waals surface area contributed by atoms with Gasteiger partial charge in [-0.05, 0) is 60.2 Å². The van der Waals surface area contributed by atoms with E-state index in [1.807, 2.05) is 0 Å². The van der Waals surface area contributed by atoms with E-state index >= 15 is 0 Å². The smallest absolute Gasteiger partial charge is 0.428 e. The zero-order valence-corrected chi connectivity index (χ0v) is 20.5. The molecule has 0 aliphatic heterocycles. The van der Waals surface area contributed by atoms with Crippen LogP contribution in [0.4, 0.5) is 31.1 Å². The van der Waals surface area contributed by atoms with Gasteiger partial charge in [0.1, 0.15) is 17.4 Å². The van der Waals surface area contributed by atoms with Crippen LogP contribution in [-0.2, 0) is 12.0 Å². The number of rotatable bonds is 9. The molecule has 0 radical (unpaired) electrons. The monoisotopic (exact) mass is 552 g/mol. The molecule has 39 heavy (non-hydrogen) atoms. The maximum atomic E-state index is 14.8. The van der Waals surface area contributed by atoms with Crippen molar-refractivity contribution >= 4 is 6.03 Å². The summed E-state index contributed by atoms with van der Waals surface area (Å²) < 4.78 is 86.1. The fraction of sp³-hybridized carbons (Fsp3) is 0.321. The molecule has 3 aromatic carbocycles. The fourth-order valence-electron chi connectivity index (χ4n) is 4.77. The summed E-state index contributed by atoms with van der Waals surface area (Å²) in [5, 5.41) is 15.6. The number of hydrogen-bond donors (Lipinski definition) is 3. The Kier molecular flexibility index (Phi) is 8.39. The van der Waals surface area contributed by atoms with Crippen LogP contribution in [0.3, 0.4) is 0 Å². The van der Waals surface area contributed by atoms with E-state index in [2.05, 4.69) is 15.4 Å². The van der Waals surface area contributed by atoms with Crippen molar-refractivity contribution in [1.29, 1.82) is 0 Å². The highest BCUT2D eigenvalue weighted by atomic mass is 19.3. The number of amides is 2. The molecule has 208 valence electrons. The van der Waals surface area contributed by atoms with E-state index in [-0.39, 0.29) is 17.5 Å². The van der Waals surface area contributed by atoms with Crippen LogP contribution in [-0.4, -0.2) is 35.8 Å². The number of alkyl halides is 4. The lowest BCUT2D eigenvalue weighted by molar-refractivity contribution is -0.253. The Bertz CT molecular complexity index is 1280. The van der Waals surface area contributed by atoms with Crippen molar-refractivity contribution in [2.45, 2.75) is 55.9 Å². The minimum atomic E-state index is -4.91. The molecule has 5 nitrogen and oxygen atoms in total. The van der Waals surface area contributed by atoms with Gasteiger partial charge in [-0.1, -0.05) is 42.5 Å². The van der Waals surface area contributed by atoms with E-state index < -0.39 is 53.6 Å². The molecular formula is C28H26F6N2O3. The molecule has 0 spiro atoms. The quantitative estimate of drug-likeness (QED) is 0.290. The highest BCUT2D eigenvalue weighted by molar-refractivity contribution is 5.76. The van der Waals surface area contributed by atoms with Gasteiger partial charge in [-0.2, -0.15) is 17.6 Å². The van der Waals surface area contributed by atoms with Crippen LogP contribution in [0.15, 0.2) is 72.8 Å². The molecule has 3 atom stereocenters. The summed E-state index contributed by atoms with van der Waals surface area (Å²) in [7, 11) is 0. The van der Waals surface area contributed by atoms with Crippen molar-refractivity contribution in [3.63, 3.8) is 0 Å². The lowest BCUT2D eigenvalue weighted by Gasteiger charge is -2.37. The number of aliphatic hydroxyl groups excluding tert-OH is 1. The molecule has 1 aliphatic rings. The number of aliphatic hydroxyl groups is 1. The lowest BCUT2D eigenvalue weighted by atomic mass is 9.77. The van der Waals surface area contributed by atoms with Crippen LogP contribution in [0.5, 0.6) is 5.75 Å². The van der Waals surface area contributed by atoms with Crippen molar-refractivity contribution in [3.05, 3.63) is 101 Å². The topological polar surface area (TPSA) is 70.6 Å². The third-order valence-electron chi connectivity index (χ3n) is 6.64. The molecule has 11 heteroatoms. The summed E-state index contributed by atoms with van der Waals surface area (Å²) in [6.07, 6.45) is -8.27. The van der Waals surface area contributed by atoms with Crippen molar-refractivity contribution < 1.29 is 41.0 Å². The van der Waals surface area contributed by atoms with E-state index in [1.54, 1.807) is 30.3 Å². The Labute approximate surface area is 220 Å². The summed E-state index contributed by atoms with van der Waals surface area (Å²) in [4.78, 5) is 13.3. The number of benzene rings is 3. The largest absolute Gasteiger partial charge is 0.461 e. The molecule has 1 fully saturated rings. The molecule has 0 bridgehead atoms. The minimum absolute atomic E-state index is 0.0752. The molecule has 1 saturated carbocycles. The zero-order chi connectivity index (χ0) is 28.2. The second-order valence-electron chi connectivity index (χ2n) is 9.42. The van der Waals surface area contributed by atoms with Crippen molar-refractivity contribution in [2.75, 3.05) is 0 Å². The Morgan fingerprint density at radius 1 is 0.949 bits per heavy atom. The van der Waals surface area contributed by atoms with E-state index in [0.29, 0.717) is 30.9 Å². The number of hydrogen-bond acceptors (Lipinski definition) is 3. The van der Waals surface area contributed by atoms with Gasteiger partial charge in [0.2, 0.25) is 0 Å². The average molecular weight is 553 g/mol. The van der Waals surface area contributed by atoms with Crippen molar-refractivity contribution in [1.82, 2.24) is 10.6 Å². The van der Waals surface area contributed by atoms with Crippen LogP contribution in [0.25, 0.3) is 0 Å². The molecule has 0 aromatic heterocycles. The van der Waals surface area contributed by atoms with Crippen LogP contribution in [0.1, 0.15) is 36.0 Å². The summed E-state index contributed by atoms with van der Waals surface area (Å²) in [6, 6.07) is 14.5. The number of urea groups is 1. The summed E-state index contributed by atoms with van der Waals surface area (Å²) in [6.45, 7) is 0. The van der Waals surface area contributed by atoms with Crippen LogP contribution < -0.4 is 15.4 Å². The molecule has 0 unspecified atom stereocenters. The summed E-state index contributed by atoms with van der Waals surface area (Å²) >= 11 is 0. The van der Waals surface area contributed by atoms with Crippen LogP contribution in [0, 0.1) is 11.6 Å². The molecule has 2 amide bonds. The van der Waals surface area contributed by atoms with E-state index in [0.717, 1.165) is 24.3 Å². The fourth-order valence-corrected chi connectivity index (χ4v) is 4.77.